The van der Waals surface area contributed by atoms with Crippen molar-refractivity contribution in [2.24, 2.45) is 0 Å². The molecule has 3 aromatic carbocycles. The summed E-state index contributed by atoms with van der Waals surface area (Å²) in [6, 6.07) is 15.4. The Labute approximate surface area is 199 Å². The highest BCUT2D eigenvalue weighted by Crippen LogP contribution is 2.40. The number of aromatic nitrogens is 1. The molecule has 1 heterocycles. The Kier molecular flexibility index (Phi) is 4.66. The summed E-state index contributed by atoms with van der Waals surface area (Å²) in [6.07, 6.45) is 1.51. The van der Waals surface area contributed by atoms with Gasteiger partial charge in [-0.1, -0.05) is 24.3 Å². The van der Waals surface area contributed by atoms with Gasteiger partial charge in [-0.2, -0.15) is 0 Å². The van der Waals surface area contributed by atoms with Crippen molar-refractivity contribution in [2.45, 2.75) is 12.8 Å². The van der Waals surface area contributed by atoms with Crippen LogP contribution in [0.5, 0.6) is 0 Å². The highest BCUT2D eigenvalue weighted by atomic mass is 16.6. The third-order valence-electron chi connectivity index (χ3n) is 6.89. The smallest absolute Gasteiger partial charge is 0.270 e. The summed E-state index contributed by atoms with van der Waals surface area (Å²) in [5.41, 5.74) is 2.63. The van der Waals surface area contributed by atoms with Crippen molar-refractivity contribution in [3.8, 4) is 11.1 Å². The quantitative estimate of drug-likeness (QED) is 0.269. The summed E-state index contributed by atoms with van der Waals surface area (Å²) >= 11 is 0. The monoisotopic (exact) mass is 463 g/mol. The second-order valence-corrected chi connectivity index (χ2v) is 9.32. The summed E-state index contributed by atoms with van der Waals surface area (Å²) in [4.78, 5) is 44.2. The standard InChI is InChI=1S/C28H21N3O4/c1-30(2)12-4-6-23-25-18(21-14-20-19(27(21)29-23)5-3-7-24(20)32)11-10-17-16-9-8-15(31(34)35)13-22(16)28(33)26(17)25/h3,5,7-11,13-14H,4,6,12H2,1-2H3. The van der Waals surface area contributed by atoms with Crippen LogP contribution in [-0.4, -0.2) is 35.4 Å². The topological polar surface area (TPSA) is 93.4 Å². The SMILES string of the molecule is CN(C)CCCc1nc2c3cccc(=O)c-3cc2c2ccc3c4ccc([N+](=O)[O-])cc4c(=O)c3c12. The van der Waals surface area contributed by atoms with E-state index in [0.717, 1.165) is 51.3 Å². The van der Waals surface area contributed by atoms with E-state index in [4.69, 9.17) is 4.98 Å². The molecule has 0 spiro atoms. The van der Waals surface area contributed by atoms with Crippen LogP contribution in [0.25, 0.3) is 54.3 Å². The minimum Gasteiger partial charge on any atom is -0.309 e. The number of aryl methyl sites for hydroxylation is 1. The number of non-ortho nitro benzene ring substituents is 1. The fraction of sp³-hybridized carbons (Fsp3) is 0.179. The van der Waals surface area contributed by atoms with Crippen molar-refractivity contribution in [1.82, 2.24) is 9.88 Å². The largest absolute Gasteiger partial charge is 0.309 e. The predicted molar refractivity (Wildman–Crippen MR) is 139 cm³/mol. The van der Waals surface area contributed by atoms with E-state index in [0.29, 0.717) is 28.1 Å². The minimum atomic E-state index is -0.484. The fourth-order valence-electron chi connectivity index (χ4n) is 5.31. The van der Waals surface area contributed by atoms with Gasteiger partial charge in [-0.3, -0.25) is 24.7 Å². The second-order valence-electron chi connectivity index (χ2n) is 9.32. The number of nitro groups is 1. The molecule has 172 valence electrons. The Hall–Kier alpha value is -4.23. The van der Waals surface area contributed by atoms with Crippen molar-refractivity contribution < 1.29 is 4.92 Å². The van der Waals surface area contributed by atoms with Crippen LogP contribution in [0, 0.1) is 10.1 Å². The molecule has 0 saturated carbocycles. The highest BCUT2D eigenvalue weighted by Gasteiger charge is 2.22. The molecule has 7 heteroatoms. The summed E-state index contributed by atoms with van der Waals surface area (Å²) in [7, 11) is 4.03. The molecule has 0 unspecified atom stereocenters. The van der Waals surface area contributed by atoms with Gasteiger partial charge < -0.3 is 4.90 Å². The van der Waals surface area contributed by atoms with E-state index in [9.17, 15) is 19.7 Å². The van der Waals surface area contributed by atoms with Gasteiger partial charge >= 0.3 is 0 Å². The Morgan fingerprint density at radius 2 is 1.60 bits per heavy atom. The lowest BCUT2D eigenvalue weighted by molar-refractivity contribution is -0.384. The van der Waals surface area contributed by atoms with Crippen LogP contribution >= 0.6 is 0 Å². The molecule has 0 amide bonds. The fourth-order valence-corrected chi connectivity index (χ4v) is 5.31. The second kappa shape index (κ2) is 7.65. The Balaban J connectivity index is 1.76. The molecule has 0 saturated heterocycles. The molecule has 7 nitrogen and oxygen atoms in total. The third-order valence-corrected chi connectivity index (χ3v) is 6.89. The van der Waals surface area contributed by atoms with Crippen molar-refractivity contribution >= 4 is 48.9 Å². The van der Waals surface area contributed by atoms with E-state index < -0.39 is 4.92 Å². The van der Waals surface area contributed by atoms with E-state index in [1.807, 2.05) is 38.4 Å². The summed E-state index contributed by atoms with van der Waals surface area (Å²) in [5, 5.41) is 16.2. The average molecular weight is 463 g/mol. The summed E-state index contributed by atoms with van der Waals surface area (Å²) < 4.78 is 0. The zero-order valence-corrected chi connectivity index (χ0v) is 19.3. The maximum atomic E-state index is 13.7. The first kappa shape index (κ1) is 21.3. The number of pyridine rings is 1. The molecule has 4 aromatic rings. The molecule has 1 aromatic heterocycles. The van der Waals surface area contributed by atoms with Gasteiger partial charge in [0, 0.05) is 50.5 Å². The normalized spacial score (nSPS) is 12.2. The van der Waals surface area contributed by atoms with Gasteiger partial charge in [0.25, 0.3) is 5.69 Å². The Morgan fingerprint density at radius 1 is 0.857 bits per heavy atom. The van der Waals surface area contributed by atoms with Crippen LogP contribution in [0.4, 0.5) is 5.69 Å². The maximum absolute atomic E-state index is 13.7. The van der Waals surface area contributed by atoms with E-state index in [1.54, 1.807) is 18.2 Å². The number of rotatable bonds is 5. The third kappa shape index (κ3) is 3.12. The Morgan fingerprint density at radius 3 is 2.34 bits per heavy atom. The van der Waals surface area contributed by atoms with Gasteiger partial charge in [0.1, 0.15) is 0 Å². The first-order valence-electron chi connectivity index (χ1n) is 11.5. The number of nitro benzene ring substituents is 1. The van der Waals surface area contributed by atoms with Crippen LogP contribution in [-0.2, 0) is 6.42 Å². The molecule has 35 heavy (non-hydrogen) atoms. The maximum Gasteiger partial charge on any atom is 0.270 e. The molecule has 0 bridgehead atoms. The van der Waals surface area contributed by atoms with Gasteiger partial charge in [0.2, 0.25) is 0 Å². The van der Waals surface area contributed by atoms with E-state index in [1.165, 1.54) is 12.1 Å². The van der Waals surface area contributed by atoms with Crippen LogP contribution in [0.3, 0.4) is 0 Å². The number of hydrogen-bond acceptors (Lipinski definition) is 6. The molecule has 0 N–H and O–H groups in total. The lowest BCUT2D eigenvalue weighted by Gasteiger charge is -2.12. The van der Waals surface area contributed by atoms with Crippen LogP contribution in [0.1, 0.15) is 12.1 Å². The van der Waals surface area contributed by atoms with Crippen molar-refractivity contribution in [2.75, 3.05) is 20.6 Å². The van der Waals surface area contributed by atoms with Crippen LogP contribution in [0.2, 0.25) is 0 Å². The van der Waals surface area contributed by atoms with Crippen LogP contribution < -0.4 is 10.9 Å². The highest BCUT2D eigenvalue weighted by molar-refractivity contribution is 6.26. The molecule has 6 rings (SSSR count). The van der Waals surface area contributed by atoms with E-state index >= 15 is 0 Å². The minimum absolute atomic E-state index is 0.0558. The number of nitrogens with zero attached hydrogens (tertiary/aromatic N) is 3. The molecule has 0 atom stereocenters. The molecule has 2 aliphatic rings. The van der Waals surface area contributed by atoms with Crippen molar-refractivity contribution in [1.29, 1.82) is 0 Å². The van der Waals surface area contributed by atoms with E-state index in [-0.39, 0.29) is 16.5 Å². The number of benzene rings is 3. The predicted octanol–water partition coefficient (Wildman–Crippen LogP) is 4.80. The molecule has 0 radical (unpaired) electrons. The zero-order chi connectivity index (χ0) is 24.4. The van der Waals surface area contributed by atoms with Gasteiger partial charge in [0.15, 0.2) is 10.9 Å². The van der Waals surface area contributed by atoms with Gasteiger partial charge in [-0.25, -0.2) is 0 Å². The van der Waals surface area contributed by atoms with Crippen molar-refractivity contribution in [3.05, 3.63) is 90.9 Å². The van der Waals surface area contributed by atoms with Gasteiger partial charge in [0.05, 0.1) is 10.4 Å². The molecule has 0 fully saturated rings. The van der Waals surface area contributed by atoms with Gasteiger partial charge in [-0.15, -0.1) is 0 Å². The molecule has 2 aliphatic carbocycles. The molecular weight excluding hydrogens is 442 g/mol. The van der Waals surface area contributed by atoms with Gasteiger partial charge in [-0.05, 0) is 67.8 Å². The summed E-state index contributed by atoms with van der Waals surface area (Å²) in [6.45, 7) is 0.864. The average Bonchev–Trinajstić information content (AvgIpc) is 3.35. The zero-order valence-electron chi connectivity index (χ0n) is 19.3. The lowest BCUT2D eigenvalue weighted by atomic mass is 9.98. The number of fused-ring (bicyclic) bond motifs is 9. The summed E-state index contributed by atoms with van der Waals surface area (Å²) in [5.74, 6) is 0. The first-order valence-corrected chi connectivity index (χ1v) is 11.5. The first-order chi connectivity index (χ1) is 16.8. The molecular formula is C28H21N3O4. The van der Waals surface area contributed by atoms with Crippen LogP contribution in [0.15, 0.2) is 64.2 Å². The van der Waals surface area contributed by atoms with Crippen molar-refractivity contribution in [3.63, 3.8) is 0 Å². The molecule has 0 aliphatic heterocycles. The number of hydrogen-bond donors (Lipinski definition) is 0. The van der Waals surface area contributed by atoms with E-state index in [2.05, 4.69) is 4.90 Å². The lowest BCUT2D eigenvalue weighted by Crippen LogP contribution is -2.14. The Bertz CT molecular complexity index is 1880.